The van der Waals surface area contributed by atoms with E-state index in [1.165, 1.54) is 5.56 Å². The van der Waals surface area contributed by atoms with Crippen molar-refractivity contribution in [3.63, 3.8) is 0 Å². The van der Waals surface area contributed by atoms with E-state index in [0.29, 0.717) is 25.4 Å². The molecule has 1 unspecified atom stereocenters. The third-order valence-electron chi connectivity index (χ3n) is 2.72. The topological polar surface area (TPSA) is 46.3 Å². The van der Waals surface area contributed by atoms with E-state index in [1.54, 1.807) is 16.2 Å². The fraction of sp³-hybridized carbons (Fsp3) is 0.583. The lowest BCUT2D eigenvalue weighted by Gasteiger charge is -2.17. The van der Waals surface area contributed by atoms with Gasteiger partial charge in [0.2, 0.25) is 5.91 Å². The predicted octanol–water partition coefficient (Wildman–Crippen LogP) is 2.84. The Balaban J connectivity index is 2.36. The van der Waals surface area contributed by atoms with Gasteiger partial charge in [0.15, 0.2) is 0 Å². The van der Waals surface area contributed by atoms with Gasteiger partial charge in [-0.1, -0.05) is 6.92 Å². The molecule has 1 amide bonds. The van der Waals surface area contributed by atoms with Crippen molar-refractivity contribution in [2.45, 2.75) is 26.3 Å². The lowest BCUT2D eigenvalue weighted by molar-refractivity contribution is -0.130. The van der Waals surface area contributed by atoms with E-state index in [-0.39, 0.29) is 5.91 Å². The van der Waals surface area contributed by atoms with E-state index in [2.05, 4.69) is 34.3 Å². The molecule has 1 aromatic heterocycles. The van der Waals surface area contributed by atoms with Crippen LogP contribution < -0.4 is 5.73 Å². The minimum absolute atomic E-state index is 0.188. The van der Waals surface area contributed by atoms with E-state index >= 15 is 0 Å². The summed E-state index contributed by atoms with van der Waals surface area (Å²) in [6.45, 7) is 3.40. The molecule has 0 bridgehead atoms. The number of hydrogen-bond acceptors (Lipinski definition) is 3. The van der Waals surface area contributed by atoms with Crippen molar-refractivity contribution < 1.29 is 4.79 Å². The molecule has 1 heterocycles. The largest absolute Gasteiger partial charge is 0.341 e. The Kier molecular flexibility index (Phi) is 6.16. The lowest BCUT2D eigenvalue weighted by Crippen LogP contribution is -2.26. The molecule has 0 aliphatic rings. The zero-order valence-electron chi connectivity index (χ0n) is 10.3. The molecule has 0 fully saturated rings. The van der Waals surface area contributed by atoms with Gasteiger partial charge in [0.25, 0.3) is 0 Å². The molecule has 0 radical (unpaired) electrons. The van der Waals surface area contributed by atoms with Crippen molar-refractivity contribution >= 4 is 33.2 Å². The average molecular weight is 319 g/mol. The third kappa shape index (κ3) is 5.19. The third-order valence-corrected chi connectivity index (χ3v) is 4.27. The van der Waals surface area contributed by atoms with Crippen LogP contribution in [0, 0.1) is 5.92 Å². The fourth-order valence-electron chi connectivity index (χ4n) is 1.47. The first-order chi connectivity index (χ1) is 8.02. The van der Waals surface area contributed by atoms with Gasteiger partial charge in [0.1, 0.15) is 0 Å². The Morgan fingerprint density at radius 1 is 1.65 bits per heavy atom. The maximum atomic E-state index is 11.9. The summed E-state index contributed by atoms with van der Waals surface area (Å²) in [5, 5.41) is 2.07. The SMILES string of the molecule is CC(CN)CCC(=O)N(C)Cc1csc(Br)c1. The van der Waals surface area contributed by atoms with Gasteiger partial charge < -0.3 is 10.6 Å². The Morgan fingerprint density at radius 2 is 2.35 bits per heavy atom. The number of carbonyl (C=O) groups excluding carboxylic acids is 1. The van der Waals surface area contributed by atoms with Crippen LogP contribution in [-0.4, -0.2) is 24.4 Å². The van der Waals surface area contributed by atoms with Crippen molar-refractivity contribution in [3.05, 3.63) is 20.8 Å². The van der Waals surface area contributed by atoms with Gasteiger partial charge in [-0.05, 0) is 51.8 Å². The molecule has 3 nitrogen and oxygen atoms in total. The summed E-state index contributed by atoms with van der Waals surface area (Å²) in [6.07, 6.45) is 1.45. The quantitative estimate of drug-likeness (QED) is 0.876. The maximum Gasteiger partial charge on any atom is 0.222 e. The highest BCUT2D eigenvalue weighted by atomic mass is 79.9. The minimum Gasteiger partial charge on any atom is -0.341 e. The van der Waals surface area contributed by atoms with Crippen LogP contribution in [0.3, 0.4) is 0 Å². The number of thiophene rings is 1. The molecule has 0 aliphatic heterocycles. The smallest absolute Gasteiger partial charge is 0.222 e. The second-order valence-corrected chi connectivity index (χ2v) is 6.68. The minimum atomic E-state index is 0.188. The second kappa shape index (κ2) is 7.13. The molecule has 1 rings (SSSR count). The van der Waals surface area contributed by atoms with Crippen molar-refractivity contribution in [1.29, 1.82) is 0 Å². The monoisotopic (exact) mass is 318 g/mol. The molecule has 0 saturated carbocycles. The van der Waals surface area contributed by atoms with E-state index < -0.39 is 0 Å². The highest BCUT2D eigenvalue weighted by Gasteiger charge is 2.11. The standard InChI is InChI=1S/C12H19BrN2OS/c1-9(6-14)3-4-12(16)15(2)7-10-5-11(13)17-8-10/h5,8-9H,3-4,6-7,14H2,1-2H3. The molecule has 96 valence electrons. The van der Waals surface area contributed by atoms with Gasteiger partial charge in [-0.15, -0.1) is 11.3 Å². The van der Waals surface area contributed by atoms with E-state index in [9.17, 15) is 4.79 Å². The summed E-state index contributed by atoms with van der Waals surface area (Å²) in [5.41, 5.74) is 6.70. The molecule has 0 aromatic carbocycles. The number of amides is 1. The Labute approximate surface area is 115 Å². The van der Waals surface area contributed by atoms with Crippen LogP contribution in [-0.2, 0) is 11.3 Å². The fourth-order valence-corrected chi connectivity index (χ4v) is 2.67. The number of nitrogens with zero attached hydrogens (tertiary/aromatic N) is 1. The van der Waals surface area contributed by atoms with Gasteiger partial charge in [-0.25, -0.2) is 0 Å². The van der Waals surface area contributed by atoms with Gasteiger partial charge in [0, 0.05) is 20.0 Å². The summed E-state index contributed by atoms with van der Waals surface area (Å²) < 4.78 is 1.10. The van der Waals surface area contributed by atoms with Crippen molar-refractivity contribution in [2.75, 3.05) is 13.6 Å². The van der Waals surface area contributed by atoms with Gasteiger partial charge in [-0.2, -0.15) is 0 Å². The van der Waals surface area contributed by atoms with Gasteiger partial charge in [0.05, 0.1) is 3.79 Å². The first kappa shape index (κ1) is 14.7. The highest BCUT2D eigenvalue weighted by molar-refractivity contribution is 9.11. The molecular weight excluding hydrogens is 300 g/mol. The Morgan fingerprint density at radius 3 is 2.88 bits per heavy atom. The van der Waals surface area contributed by atoms with Crippen molar-refractivity contribution in [2.24, 2.45) is 11.7 Å². The highest BCUT2D eigenvalue weighted by Crippen LogP contribution is 2.21. The van der Waals surface area contributed by atoms with Crippen LogP contribution in [0.15, 0.2) is 15.2 Å². The maximum absolute atomic E-state index is 11.9. The number of carbonyl (C=O) groups is 1. The summed E-state index contributed by atoms with van der Waals surface area (Å²) in [6, 6.07) is 2.05. The van der Waals surface area contributed by atoms with Crippen LogP contribution >= 0.6 is 27.3 Å². The Hall–Kier alpha value is -0.390. The molecule has 17 heavy (non-hydrogen) atoms. The summed E-state index contributed by atoms with van der Waals surface area (Å²) in [7, 11) is 1.85. The first-order valence-electron chi connectivity index (χ1n) is 5.70. The van der Waals surface area contributed by atoms with E-state index in [4.69, 9.17) is 5.73 Å². The molecule has 0 saturated heterocycles. The zero-order valence-corrected chi connectivity index (χ0v) is 12.7. The molecular formula is C12H19BrN2OS. The van der Waals surface area contributed by atoms with Gasteiger partial charge >= 0.3 is 0 Å². The Bertz CT molecular complexity index is 367. The molecule has 0 aliphatic carbocycles. The molecule has 0 spiro atoms. The lowest BCUT2D eigenvalue weighted by atomic mass is 10.1. The van der Waals surface area contributed by atoms with Crippen molar-refractivity contribution in [1.82, 2.24) is 4.90 Å². The molecule has 1 atom stereocenters. The normalized spacial score (nSPS) is 12.5. The first-order valence-corrected chi connectivity index (χ1v) is 7.37. The van der Waals surface area contributed by atoms with Crippen LogP contribution in [0.4, 0.5) is 0 Å². The van der Waals surface area contributed by atoms with Crippen LogP contribution in [0.25, 0.3) is 0 Å². The van der Waals surface area contributed by atoms with Gasteiger partial charge in [-0.3, -0.25) is 4.79 Å². The average Bonchev–Trinajstić information content (AvgIpc) is 2.70. The number of nitrogens with two attached hydrogens (primary N) is 1. The number of hydrogen-bond donors (Lipinski definition) is 1. The molecule has 2 N–H and O–H groups in total. The second-order valence-electron chi connectivity index (χ2n) is 4.39. The van der Waals surface area contributed by atoms with Crippen LogP contribution in [0.1, 0.15) is 25.3 Å². The summed E-state index contributed by atoms with van der Waals surface area (Å²) in [4.78, 5) is 13.6. The van der Waals surface area contributed by atoms with E-state index in [1.807, 2.05) is 7.05 Å². The molecule has 1 aromatic rings. The number of rotatable bonds is 6. The zero-order chi connectivity index (χ0) is 12.8. The van der Waals surface area contributed by atoms with E-state index in [0.717, 1.165) is 10.2 Å². The van der Waals surface area contributed by atoms with Crippen LogP contribution in [0.5, 0.6) is 0 Å². The molecule has 5 heteroatoms. The van der Waals surface area contributed by atoms with Crippen molar-refractivity contribution in [3.8, 4) is 0 Å². The predicted molar refractivity (Wildman–Crippen MR) is 75.9 cm³/mol. The number of halogens is 1. The van der Waals surface area contributed by atoms with Crippen LogP contribution in [0.2, 0.25) is 0 Å². The summed E-state index contributed by atoms with van der Waals surface area (Å²) >= 11 is 5.06. The summed E-state index contributed by atoms with van der Waals surface area (Å²) in [5.74, 6) is 0.607.